The molecule has 2 amide bonds. The Morgan fingerprint density at radius 1 is 1.18 bits per heavy atom. The topological polar surface area (TPSA) is 74.8 Å². The summed E-state index contributed by atoms with van der Waals surface area (Å²) in [5.41, 5.74) is 2.26. The zero-order chi connectivity index (χ0) is 23.0. The SMILES string of the molecule is CC=CCCC(=O)N1CCC(c2nc(C(=O)Nc3ccccc3N3CCOCC3)cs2)CC1. The van der Waals surface area contributed by atoms with Crippen LogP contribution in [0.25, 0.3) is 0 Å². The lowest BCUT2D eigenvalue weighted by atomic mass is 9.97. The molecular weight excluding hydrogens is 436 g/mol. The number of para-hydroxylation sites is 2. The molecule has 2 aromatic rings. The molecule has 1 aromatic carbocycles. The summed E-state index contributed by atoms with van der Waals surface area (Å²) < 4.78 is 5.45. The molecule has 0 spiro atoms. The van der Waals surface area contributed by atoms with Crippen LogP contribution in [0.4, 0.5) is 11.4 Å². The van der Waals surface area contributed by atoms with Crippen molar-refractivity contribution in [2.75, 3.05) is 49.6 Å². The average molecular weight is 469 g/mol. The van der Waals surface area contributed by atoms with E-state index in [2.05, 4.69) is 15.2 Å². The number of amides is 2. The van der Waals surface area contributed by atoms with Crippen molar-refractivity contribution in [1.29, 1.82) is 0 Å². The second-order valence-corrected chi connectivity index (χ2v) is 9.29. The van der Waals surface area contributed by atoms with Crippen molar-refractivity contribution >= 4 is 34.5 Å². The number of anilines is 2. The summed E-state index contributed by atoms with van der Waals surface area (Å²) in [6.45, 7) is 6.49. The molecule has 33 heavy (non-hydrogen) atoms. The fraction of sp³-hybridized carbons (Fsp3) is 0.480. The van der Waals surface area contributed by atoms with Gasteiger partial charge in [-0.3, -0.25) is 9.59 Å². The summed E-state index contributed by atoms with van der Waals surface area (Å²) in [4.78, 5) is 34.1. The normalized spacial score (nSPS) is 17.5. The van der Waals surface area contributed by atoms with Crippen LogP contribution in [-0.4, -0.2) is 61.1 Å². The number of morpholine rings is 1. The van der Waals surface area contributed by atoms with Gasteiger partial charge in [-0.15, -0.1) is 11.3 Å². The number of nitrogens with zero attached hydrogens (tertiary/aromatic N) is 3. The van der Waals surface area contributed by atoms with Crippen LogP contribution in [0.5, 0.6) is 0 Å². The largest absolute Gasteiger partial charge is 0.378 e. The Bertz CT molecular complexity index is 976. The first kappa shape index (κ1) is 23.4. The third-order valence-corrected chi connectivity index (χ3v) is 7.22. The van der Waals surface area contributed by atoms with Crippen LogP contribution < -0.4 is 10.2 Å². The monoisotopic (exact) mass is 468 g/mol. The van der Waals surface area contributed by atoms with E-state index in [0.717, 1.165) is 61.8 Å². The van der Waals surface area contributed by atoms with Crippen LogP contribution in [0.3, 0.4) is 0 Å². The number of thiazole rings is 1. The van der Waals surface area contributed by atoms with Crippen molar-refractivity contribution in [1.82, 2.24) is 9.88 Å². The van der Waals surface area contributed by atoms with Crippen molar-refractivity contribution in [2.45, 2.75) is 38.5 Å². The van der Waals surface area contributed by atoms with Gasteiger partial charge in [0.15, 0.2) is 0 Å². The number of ether oxygens (including phenoxy) is 1. The first-order valence-electron chi connectivity index (χ1n) is 11.7. The van der Waals surface area contributed by atoms with Crippen molar-refractivity contribution in [2.24, 2.45) is 0 Å². The molecule has 0 bridgehead atoms. The van der Waals surface area contributed by atoms with E-state index in [9.17, 15) is 9.59 Å². The standard InChI is InChI=1S/C25H32N4O3S/c1-2-3-4-9-23(30)29-12-10-19(11-13-29)25-27-21(18-33-25)24(31)26-20-7-5-6-8-22(20)28-14-16-32-17-15-28/h2-3,5-8,18-19H,4,9-17H2,1H3,(H,26,31). The number of nitrogens with one attached hydrogen (secondary N) is 1. The van der Waals surface area contributed by atoms with Crippen LogP contribution >= 0.6 is 11.3 Å². The molecule has 8 heteroatoms. The molecule has 0 atom stereocenters. The molecule has 1 N–H and O–H groups in total. The fourth-order valence-corrected chi connectivity index (χ4v) is 5.30. The molecule has 2 aliphatic heterocycles. The Morgan fingerprint density at radius 2 is 1.94 bits per heavy atom. The highest BCUT2D eigenvalue weighted by Gasteiger charge is 2.26. The number of allylic oxidation sites excluding steroid dienone is 2. The molecule has 2 fully saturated rings. The molecule has 1 aromatic heterocycles. The van der Waals surface area contributed by atoms with Crippen LogP contribution in [-0.2, 0) is 9.53 Å². The zero-order valence-electron chi connectivity index (χ0n) is 19.2. The number of benzene rings is 1. The second kappa shape index (κ2) is 11.4. The maximum atomic E-state index is 12.9. The summed E-state index contributed by atoms with van der Waals surface area (Å²) >= 11 is 1.54. The van der Waals surface area contributed by atoms with Gasteiger partial charge in [0.25, 0.3) is 5.91 Å². The van der Waals surface area contributed by atoms with E-state index in [1.165, 1.54) is 0 Å². The number of aromatic nitrogens is 1. The van der Waals surface area contributed by atoms with E-state index in [4.69, 9.17) is 4.74 Å². The molecule has 4 rings (SSSR count). The first-order chi connectivity index (χ1) is 16.2. The minimum Gasteiger partial charge on any atom is -0.378 e. The molecule has 2 saturated heterocycles. The van der Waals surface area contributed by atoms with Gasteiger partial charge in [0, 0.05) is 43.9 Å². The van der Waals surface area contributed by atoms with Gasteiger partial charge in [-0.05, 0) is 38.3 Å². The minimum atomic E-state index is -0.185. The lowest BCUT2D eigenvalue weighted by molar-refractivity contribution is -0.132. The van der Waals surface area contributed by atoms with Gasteiger partial charge in [0.05, 0.1) is 29.6 Å². The average Bonchev–Trinajstić information content (AvgIpc) is 3.36. The van der Waals surface area contributed by atoms with E-state index in [-0.39, 0.29) is 11.8 Å². The van der Waals surface area contributed by atoms with Crippen LogP contribution in [0.1, 0.15) is 54.0 Å². The number of carbonyl (C=O) groups excluding carboxylic acids is 2. The third-order valence-electron chi connectivity index (χ3n) is 6.22. The Morgan fingerprint density at radius 3 is 2.70 bits per heavy atom. The molecule has 0 saturated carbocycles. The Labute approximate surface area is 199 Å². The highest BCUT2D eigenvalue weighted by molar-refractivity contribution is 7.10. The van der Waals surface area contributed by atoms with E-state index >= 15 is 0 Å². The predicted molar refractivity (Wildman–Crippen MR) is 132 cm³/mol. The highest BCUT2D eigenvalue weighted by atomic mass is 32.1. The molecule has 2 aliphatic rings. The minimum absolute atomic E-state index is 0.185. The van der Waals surface area contributed by atoms with Gasteiger partial charge in [-0.25, -0.2) is 4.98 Å². The van der Waals surface area contributed by atoms with E-state index in [1.807, 2.05) is 53.6 Å². The number of hydrogen-bond donors (Lipinski definition) is 1. The molecule has 7 nitrogen and oxygen atoms in total. The highest BCUT2D eigenvalue weighted by Crippen LogP contribution is 2.31. The molecule has 0 aliphatic carbocycles. The number of carbonyl (C=O) groups is 2. The maximum absolute atomic E-state index is 12.9. The first-order valence-corrected chi connectivity index (χ1v) is 12.6. The Kier molecular flexibility index (Phi) is 8.12. The second-order valence-electron chi connectivity index (χ2n) is 8.40. The predicted octanol–water partition coefficient (Wildman–Crippen LogP) is 4.29. The van der Waals surface area contributed by atoms with Gasteiger partial charge in [-0.2, -0.15) is 0 Å². The maximum Gasteiger partial charge on any atom is 0.275 e. The molecule has 176 valence electrons. The third kappa shape index (κ3) is 6.00. The van der Waals surface area contributed by atoms with Gasteiger partial charge >= 0.3 is 0 Å². The van der Waals surface area contributed by atoms with Crippen molar-refractivity contribution < 1.29 is 14.3 Å². The quantitative estimate of drug-likeness (QED) is 0.614. The van der Waals surface area contributed by atoms with Gasteiger partial charge in [-0.1, -0.05) is 24.3 Å². The van der Waals surface area contributed by atoms with E-state index in [0.29, 0.717) is 31.2 Å². The zero-order valence-corrected chi connectivity index (χ0v) is 20.0. The van der Waals surface area contributed by atoms with Crippen LogP contribution in [0.15, 0.2) is 41.8 Å². The number of piperidine rings is 1. The summed E-state index contributed by atoms with van der Waals surface area (Å²) in [5, 5.41) is 5.88. The van der Waals surface area contributed by atoms with E-state index in [1.54, 1.807) is 11.3 Å². The Balaban J connectivity index is 1.34. The van der Waals surface area contributed by atoms with E-state index < -0.39 is 0 Å². The van der Waals surface area contributed by atoms with Crippen molar-refractivity contribution in [3.05, 3.63) is 52.5 Å². The summed E-state index contributed by atoms with van der Waals surface area (Å²) in [5.74, 6) is 0.344. The lowest BCUT2D eigenvalue weighted by Crippen LogP contribution is -2.37. The summed E-state index contributed by atoms with van der Waals surface area (Å²) in [6, 6.07) is 7.87. The fourth-order valence-electron chi connectivity index (χ4n) is 4.33. The van der Waals surface area contributed by atoms with Crippen LogP contribution in [0, 0.1) is 0 Å². The summed E-state index contributed by atoms with van der Waals surface area (Å²) in [7, 11) is 0. The number of likely N-dealkylation sites (tertiary alicyclic amines) is 1. The summed E-state index contributed by atoms with van der Waals surface area (Å²) in [6.07, 6.45) is 7.17. The molecule has 3 heterocycles. The number of rotatable bonds is 7. The number of hydrogen-bond acceptors (Lipinski definition) is 6. The smallest absolute Gasteiger partial charge is 0.275 e. The molecular formula is C25H32N4O3S. The van der Waals surface area contributed by atoms with Crippen LogP contribution in [0.2, 0.25) is 0 Å². The van der Waals surface area contributed by atoms with Gasteiger partial charge < -0.3 is 19.9 Å². The van der Waals surface area contributed by atoms with Crippen molar-refractivity contribution in [3.63, 3.8) is 0 Å². The lowest BCUT2D eigenvalue weighted by Gasteiger charge is -2.31. The Hall–Kier alpha value is -2.71. The van der Waals surface area contributed by atoms with Gasteiger partial charge in [0.1, 0.15) is 5.69 Å². The van der Waals surface area contributed by atoms with Gasteiger partial charge in [0.2, 0.25) is 5.91 Å². The van der Waals surface area contributed by atoms with Crippen molar-refractivity contribution in [3.8, 4) is 0 Å². The molecule has 0 radical (unpaired) electrons. The molecule has 0 unspecified atom stereocenters.